The highest BCUT2D eigenvalue weighted by molar-refractivity contribution is 5.67. The molecule has 25 heavy (non-hydrogen) atoms. The van der Waals surface area contributed by atoms with Crippen molar-refractivity contribution in [3.8, 4) is 0 Å². The number of aliphatic hydroxyl groups excluding tert-OH is 1. The van der Waals surface area contributed by atoms with Gasteiger partial charge in [-0.15, -0.1) is 0 Å². The second-order valence-electron chi connectivity index (χ2n) is 5.30. The molecule has 1 amide bonds. The molecule has 0 radical (unpaired) electrons. The Morgan fingerprint density at radius 3 is 2.48 bits per heavy atom. The molecule has 132 valence electrons. The van der Waals surface area contributed by atoms with Crippen LogP contribution in [0.15, 0.2) is 48.5 Å². The summed E-state index contributed by atoms with van der Waals surface area (Å²) in [6.45, 7) is -0.154. The zero-order chi connectivity index (χ0) is 18.1. The van der Waals surface area contributed by atoms with Crippen molar-refractivity contribution in [1.82, 2.24) is 5.32 Å². The van der Waals surface area contributed by atoms with Gasteiger partial charge in [0.05, 0.1) is 6.61 Å². The molecular weight excluding hydrogens is 328 g/mol. The van der Waals surface area contributed by atoms with E-state index in [4.69, 9.17) is 9.84 Å². The number of benzene rings is 2. The number of aliphatic hydroxyl groups is 1. The van der Waals surface area contributed by atoms with Crippen LogP contribution in [0.25, 0.3) is 6.08 Å². The summed E-state index contributed by atoms with van der Waals surface area (Å²) in [6.07, 6.45) is 3.18. The molecule has 0 fully saturated rings. The molecule has 0 unspecified atom stereocenters. The van der Waals surface area contributed by atoms with Gasteiger partial charge in [-0.3, -0.25) is 0 Å². The highest BCUT2D eigenvalue weighted by Gasteiger charge is 2.08. The molecule has 0 aliphatic carbocycles. The fourth-order valence-corrected chi connectivity index (χ4v) is 2.12. The molecule has 0 heterocycles. The van der Waals surface area contributed by atoms with E-state index >= 15 is 0 Å². The van der Waals surface area contributed by atoms with E-state index < -0.39 is 24.3 Å². The maximum atomic E-state index is 13.5. The van der Waals surface area contributed by atoms with Crippen LogP contribution in [-0.4, -0.2) is 17.7 Å². The molecule has 0 saturated carbocycles. The Kier molecular flexibility index (Phi) is 7.10. The van der Waals surface area contributed by atoms with Crippen molar-refractivity contribution in [3.05, 3.63) is 76.9 Å². The minimum absolute atomic E-state index is 0.193. The predicted octanol–water partition coefficient (Wildman–Crippen LogP) is 3.79. The van der Waals surface area contributed by atoms with E-state index in [9.17, 15) is 13.6 Å². The van der Waals surface area contributed by atoms with E-state index in [1.54, 1.807) is 12.2 Å². The van der Waals surface area contributed by atoms with E-state index in [-0.39, 0.29) is 12.2 Å². The quantitative estimate of drug-likeness (QED) is 0.749. The Balaban J connectivity index is 1.72. The van der Waals surface area contributed by atoms with Gasteiger partial charge in [-0.1, -0.05) is 42.5 Å². The first kappa shape index (κ1) is 18.6. The summed E-state index contributed by atoms with van der Waals surface area (Å²) >= 11 is 0. The maximum Gasteiger partial charge on any atom is 0.407 e. The van der Waals surface area contributed by atoms with Crippen LogP contribution in [0.1, 0.15) is 23.1 Å². The van der Waals surface area contributed by atoms with E-state index in [2.05, 4.69) is 5.32 Å². The summed E-state index contributed by atoms with van der Waals surface area (Å²) < 4.78 is 32.1. The van der Waals surface area contributed by atoms with E-state index in [0.29, 0.717) is 18.5 Å². The second-order valence-corrected chi connectivity index (χ2v) is 5.30. The minimum Gasteiger partial charge on any atom is -0.445 e. The first-order valence-electron chi connectivity index (χ1n) is 7.80. The molecule has 2 N–H and O–H groups in total. The van der Waals surface area contributed by atoms with Crippen LogP contribution in [-0.2, 0) is 18.0 Å². The summed E-state index contributed by atoms with van der Waals surface area (Å²) in [5, 5.41) is 11.4. The van der Waals surface area contributed by atoms with E-state index in [1.807, 2.05) is 30.3 Å². The summed E-state index contributed by atoms with van der Waals surface area (Å²) in [7, 11) is 0. The van der Waals surface area contributed by atoms with Gasteiger partial charge in [-0.25, -0.2) is 13.6 Å². The third-order valence-electron chi connectivity index (χ3n) is 3.42. The summed E-state index contributed by atoms with van der Waals surface area (Å²) in [6, 6.07) is 11.6. The molecule has 0 aliphatic heterocycles. The Morgan fingerprint density at radius 2 is 1.84 bits per heavy atom. The standard InChI is InChI=1S/C19H19F2NO3/c20-17-10-15(11-18(21)16(17)12-23)8-4-5-9-22-19(24)25-13-14-6-2-1-3-7-14/h1-4,6-8,10-11,23H,5,9,12-13H2,(H,22,24). The number of rotatable bonds is 7. The molecular formula is C19H19F2NO3. The van der Waals surface area contributed by atoms with Gasteiger partial charge in [-0.2, -0.15) is 0 Å². The van der Waals surface area contributed by atoms with Gasteiger partial charge in [0.25, 0.3) is 0 Å². The van der Waals surface area contributed by atoms with Crippen molar-refractivity contribution < 1.29 is 23.4 Å². The molecule has 6 heteroatoms. The first-order chi connectivity index (χ1) is 12.1. The minimum atomic E-state index is -0.787. The molecule has 2 rings (SSSR count). The zero-order valence-corrected chi connectivity index (χ0v) is 13.5. The SMILES string of the molecule is O=C(NCCC=Cc1cc(F)c(CO)c(F)c1)OCc1ccccc1. The molecule has 0 spiro atoms. The number of hydrogen-bond donors (Lipinski definition) is 2. The van der Waals surface area contributed by atoms with Crippen molar-refractivity contribution in [2.45, 2.75) is 19.6 Å². The van der Waals surface area contributed by atoms with Crippen LogP contribution in [0.5, 0.6) is 0 Å². The van der Waals surface area contributed by atoms with Gasteiger partial charge in [0.1, 0.15) is 18.2 Å². The highest BCUT2D eigenvalue weighted by atomic mass is 19.1. The van der Waals surface area contributed by atoms with Gasteiger partial charge < -0.3 is 15.2 Å². The van der Waals surface area contributed by atoms with Crippen LogP contribution >= 0.6 is 0 Å². The Bertz CT molecular complexity index is 710. The number of carbonyl (C=O) groups is 1. The average Bonchev–Trinajstić information content (AvgIpc) is 2.60. The lowest BCUT2D eigenvalue weighted by molar-refractivity contribution is 0.140. The van der Waals surface area contributed by atoms with Gasteiger partial charge in [0.2, 0.25) is 0 Å². The molecule has 0 saturated heterocycles. The lowest BCUT2D eigenvalue weighted by atomic mass is 10.1. The molecule has 0 atom stereocenters. The van der Waals surface area contributed by atoms with E-state index in [0.717, 1.165) is 17.7 Å². The highest BCUT2D eigenvalue weighted by Crippen LogP contribution is 2.16. The monoisotopic (exact) mass is 347 g/mol. The van der Waals surface area contributed by atoms with Gasteiger partial charge in [0, 0.05) is 12.1 Å². The zero-order valence-electron chi connectivity index (χ0n) is 13.5. The number of halogens is 2. The summed E-state index contributed by atoms with van der Waals surface area (Å²) in [4.78, 5) is 11.5. The molecule has 0 aromatic heterocycles. The number of amides is 1. The van der Waals surface area contributed by atoms with Gasteiger partial charge in [0.15, 0.2) is 0 Å². The molecule has 2 aromatic carbocycles. The fraction of sp³-hybridized carbons (Fsp3) is 0.211. The van der Waals surface area contributed by atoms with Crippen LogP contribution in [0.3, 0.4) is 0 Å². The Hall–Kier alpha value is -2.73. The van der Waals surface area contributed by atoms with Crippen LogP contribution in [0.4, 0.5) is 13.6 Å². The number of carbonyl (C=O) groups excluding carboxylic acids is 1. The third-order valence-corrected chi connectivity index (χ3v) is 3.42. The first-order valence-corrected chi connectivity index (χ1v) is 7.80. The molecule has 0 bridgehead atoms. The van der Waals surface area contributed by atoms with Gasteiger partial charge >= 0.3 is 6.09 Å². The van der Waals surface area contributed by atoms with Crippen LogP contribution < -0.4 is 5.32 Å². The van der Waals surface area contributed by atoms with Crippen molar-refractivity contribution in [1.29, 1.82) is 0 Å². The van der Waals surface area contributed by atoms with Gasteiger partial charge in [-0.05, 0) is 29.7 Å². The lowest BCUT2D eigenvalue weighted by Gasteiger charge is -2.06. The Labute approximate surface area is 144 Å². The number of hydrogen-bond acceptors (Lipinski definition) is 3. The number of nitrogens with one attached hydrogen (secondary N) is 1. The van der Waals surface area contributed by atoms with E-state index in [1.165, 1.54) is 0 Å². The number of alkyl carbamates (subject to hydrolysis) is 1. The topological polar surface area (TPSA) is 58.6 Å². The van der Waals surface area contributed by atoms with Crippen LogP contribution in [0, 0.1) is 11.6 Å². The smallest absolute Gasteiger partial charge is 0.407 e. The fourth-order valence-electron chi connectivity index (χ4n) is 2.12. The molecule has 0 aliphatic rings. The van der Waals surface area contributed by atoms with Crippen molar-refractivity contribution in [3.63, 3.8) is 0 Å². The number of ether oxygens (including phenoxy) is 1. The average molecular weight is 347 g/mol. The third kappa shape index (κ3) is 6.00. The largest absolute Gasteiger partial charge is 0.445 e. The maximum absolute atomic E-state index is 13.5. The molecule has 4 nitrogen and oxygen atoms in total. The van der Waals surface area contributed by atoms with Crippen LogP contribution in [0.2, 0.25) is 0 Å². The normalized spacial score (nSPS) is 10.8. The molecule has 2 aromatic rings. The van der Waals surface area contributed by atoms with Crippen molar-refractivity contribution in [2.75, 3.05) is 6.54 Å². The summed E-state index contributed by atoms with van der Waals surface area (Å²) in [5.41, 5.74) is 0.895. The van der Waals surface area contributed by atoms with Crippen molar-refractivity contribution in [2.24, 2.45) is 0 Å². The second kappa shape index (κ2) is 9.54. The Morgan fingerprint density at radius 1 is 1.16 bits per heavy atom. The lowest BCUT2D eigenvalue weighted by Crippen LogP contribution is -2.24. The predicted molar refractivity (Wildman–Crippen MR) is 90.6 cm³/mol. The summed E-state index contributed by atoms with van der Waals surface area (Å²) in [5.74, 6) is -1.57. The van der Waals surface area contributed by atoms with Crippen molar-refractivity contribution >= 4 is 12.2 Å².